The van der Waals surface area contributed by atoms with Crippen LogP contribution in [0.1, 0.15) is 67.2 Å². The van der Waals surface area contributed by atoms with Crippen LogP contribution in [-0.4, -0.2) is 15.9 Å². The van der Waals surface area contributed by atoms with Crippen molar-refractivity contribution in [3.8, 4) is 11.6 Å². The Morgan fingerprint density at radius 3 is 2.29 bits per heavy atom. The standard InChI is InChI=1S/C15H28O2.C13H8NOS.Ir/c1-7-14(5,8-2)12(16)11-13(17)15(6,9-3)10-4;1-2-4-11(5-3-1)15-13-8-10-6-7-16-12(10)9-14-13;/h11,16H,7-10H2,1-6H3;1-4,6-9H;/q;-1;/b12-11-;;. The SMILES string of the molecule is CCC(C)(CC)C(=O)/C=C(\O)C(C)(CC)CC.[Ir].[c-]1ccccc1Oc1cc2ccsc2cn1. The monoisotopic (exact) mass is 659 g/mol. The molecular formula is C28H36IrNO3S-. The van der Waals surface area contributed by atoms with E-state index in [1.54, 1.807) is 11.3 Å². The molecule has 1 aromatic carbocycles. The second-order valence-electron chi connectivity index (χ2n) is 8.74. The van der Waals surface area contributed by atoms with Gasteiger partial charge in [0.05, 0.1) is 4.70 Å². The van der Waals surface area contributed by atoms with Crippen LogP contribution in [0.2, 0.25) is 0 Å². The van der Waals surface area contributed by atoms with E-state index in [0.29, 0.717) is 11.6 Å². The number of aliphatic hydroxyl groups excluding tert-OH is 1. The summed E-state index contributed by atoms with van der Waals surface area (Å²) in [6.07, 6.45) is 6.59. The predicted molar refractivity (Wildman–Crippen MR) is 138 cm³/mol. The van der Waals surface area contributed by atoms with Crippen LogP contribution in [0.3, 0.4) is 0 Å². The summed E-state index contributed by atoms with van der Waals surface area (Å²) < 4.78 is 6.76. The fourth-order valence-corrected chi connectivity index (χ4v) is 3.88. The number of benzene rings is 1. The van der Waals surface area contributed by atoms with E-state index >= 15 is 0 Å². The number of aliphatic hydroxyl groups is 1. The van der Waals surface area contributed by atoms with E-state index in [1.165, 1.54) is 10.8 Å². The maximum atomic E-state index is 12.2. The molecule has 0 atom stereocenters. The van der Waals surface area contributed by atoms with Crippen molar-refractivity contribution in [2.45, 2.75) is 67.2 Å². The number of ketones is 1. The zero-order chi connectivity index (χ0) is 24.5. The number of rotatable bonds is 9. The number of hydrogen-bond donors (Lipinski definition) is 1. The van der Waals surface area contributed by atoms with Gasteiger partial charge in [0.2, 0.25) is 5.88 Å². The third-order valence-electron chi connectivity index (χ3n) is 6.81. The van der Waals surface area contributed by atoms with Crippen LogP contribution < -0.4 is 4.74 Å². The van der Waals surface area contributed by atoms with Crippen LogP contribution in [0.4, 0.5) is 0 Å². The normalized spacial score (nSPS) is 11.9. The molecule has 3 rings (SSSR count). The number of allylic oxidation sites excluding steroid dienone is 2. The van der Waals surface area contributed by atoms with E-state index in [1.807, 2.05) is 83.5 Å². The molecule has 6 heteroatoms. The van der Waals surface area contributed by atoms with E-state index in [4.69, 9.17) is 4.74 Å². The van der Waals surface area contributed by atoms with E-state index in [-0.39, 0.29) is 42.5 Å². The average Bonchev–Trinajstić information content (AvgIpc) is 3.32. The predicted octanol–water partition coefficient (Wildman–Crippen LogP) is 8.54. The number of hydrogen-bond acceptors (Lipinski definition) is 5. The Morgan fingerprint density at radius 2 is 1.74 bits per heavy atom. The van der Waals surface area contributed by atoms with Gasteiger partial charge in [-0.3, -0.25) is 4.79 Å². The molecule has 1 N–H and O–H groups in total. The minimum Gasteiger partial charge on any atom is -0.512 e. The van der Waals surface area contributed by atoms with E-state index in [2.05, 4.69) is 17.1 Å². The smallest absolute Gasteiger partial charge is 0.217 e. The van der Waals surface area contributed by atoms with Crippen LogP contribution >= 0.6 is 11.3 Å². The molecule has 0 aliphatic carbocycles. The second-order valence-corrected chi connectivity index (χ2v) is 9.69. The van der Waals surface area contributed by atoms with Gasteiger partial charge in [-0.15, -0.1) is 23.5 Å². The molecule has 3 aromatic rings. The molecule has 0 fully saturated rings. The number of aromatic nitrogens is 1. The molecule has 0 amide bonds. The largest absolute Gasteiger partial charge is 0.512 e. The number of ether oxygens (including phenoxy) is 1. The summed E-state index contributed by atoms with van der Waals surface area (Å²) in [5.41, 5.74) is -0.603. The van der Waals surface area contributed by atoms with Crippen LogP contribution in [0.25, 0.3) is 10.1 Å². The zero-order valence-corrected chi connectivity index (χ0v) is 24.2. The topological polar surface area (TPSA) is 59.4 Å². The summed E-state index contributed by atoms with van der Waals surface area (Å²) in [5.74, 6) is 1.58. The van der Waals surface area contributed by atoms with Gasteiger partial charge in [-0.05, 0) is 42.5 Å². The summed E-state index contributed by atoms with van der Waals surface area (Å²) in [6, 6.07) is 14.5. The van der Waals surface area contributed by atoms with Gasteiger partial charge in [-0.25, -0.2) is 4.98 Å². The molecule has 1 radical (unpaired) electrons. The van der Waals surface area contributed by atoms with Crippen molar-refractivity contribution < 1.29 is 34.7 Å². The number of pyridine rings is 1. The molecule has 0 unspecified atom stereocenters. The summed E-state index contributed by atoms with van der Waals surface area (Å²) in [6.45, 7) is 12.1. The Bertz CT molecular complexity index is 1050. The maximum Gasteiger partial charge on any atom is 0.217 e. The van der Waals surface area contributed by atoms with E-state index in [9.17, 15) is 9.90 Å². The number of carbonyl (C=O) groups is 1. The molecule has 0 saturated heterocycles. The molecule has 187 valence electrons. The third kappa shape index (κ3) is 7.76. The number of fused-ring (bicyclic) bond motifs is 1. The number of nitrogens with zero attached hydrogens (tertiary/aromatic N) is 1. The van der Waals surface area contributed by atoms with Gasteiger partial charge in [0.1, 0.15) is 5.76 Å². The fourth-order valence-electron chi connectivity index (χ4n) is 3.14. The van der Waals surface area contributed by atoms with Crippen molar-refractivity contribution in [1.82, 2.24) is 4.98 Å². The van der Waals surface area contributed by atoms with Crippen molar-refractivity contribution >= 4 is 27.2 Å². The Hall–Kier alpha value is -2.01. The molecule has 0 aliphatic heterocycles. The van der Waals surface area contributed by atoms with E-state index in [0.717, 1.165) is 31.1 Å². The molecular weight excluding hydrogens is 623 g/mol. The minimum absolute atomic E-state index is 0. The van der Waals surface area contributed by atoms with Crippen molar-refractivity contribution in [3.05, 3.63) is 65.9 Å². The maximum absolute atomic E-state index is 12.2. The van der Waals surface area contributed by atoms with Gasteiger partial charge in [0.15, 0.2) is 5.78 Å². The van der Waals surface area contributed by atoms with Gasteiger partial charge in [-0.2, -0.15) is 18.2 Å². The van der Waals surface area contributed by atoms with Crippen LogP contribution in [0.15, 0.2) is 59.8 Å². The quantitative estimate of drug-likeness (QED) is 0.142. The summed E-state index contributed by atoms with van der Waals surface area (Å²) in [4.78, 5) is 16.4. The molecule has 2 heterocycles. The van der Waals surface area contributed by atoms with Crippen molar-refractivity contribution in [2.24, 2.45) is 10.8 Å². The number of para-hydroxylation sites is 1. The Morgan fingerprint density at radius 1 is 1.09 bits per heavy atom. The summed E-state index contributed by atoms with van der Waals surface area (Å²) in [7, 11) is 0. The van der Waals surface area contributed by atoms with E-state index < -0.39 is 0 Å². The Kier molecular flexibility index (Phi) is 12.2. The molecule has 0 spiro atoms. The zero-order valence-electron chi connectivity index (χ0n) is 21.0. The van der Waals surface area contributed by atoms with Crippen molar-refractivity contribution in [2.75, 3.05) is 0 Å². The molecule has 0 aliphatic rings. The first-order valence-corrected chi connectivity index (χ1v) is 12.5. The van der Waals surface area contributed by atoms with Gasteiger partial charge >= 0.3 is 0 Å². The van der Waals surface area contributed by atoms with Gasteiger partial charge in [-0.1, -0.05) is 41.5 Å². The summed E-state index contributed by atoms with van der Waals surface area (Å²) in [5, 5.41) is 13.3. The first-order chi connectivity index (χ1) is 15.7. The molecule has 0 saturated carbocycles. The van der Waals surface area contributed by atoms with Gasteiger partial charge < -0.3 is 9.84 Å². The average molecular weight is 659 g/mol. The minimum atomic E-state index is -0.337. The first-order valence-electron chi connectivity index (χ1n) is 11.6. The van der Waals surface area contributed by atoms with Crippen molar-refractivity contribution in [1.29, 1.82) is 0 Å². The van der Waals surface area contributed by atoms with Gasteiger partial charge in [0.25, 0.3) is 0 Å². The molecule has 34 heavy (non-hydrogen) atoms. The molecule has 2 aromatic heterocycles. The third-order valence-corrected chi connectivity index (χ3v) is 7.68. The van der Waals surface area contributed by atoms with Crippen LogP contribution in [-0.2, 0) is 24.9 Å². The van der Waals surface area contributed by atoms with Crippen molar-refractivity contribution in [3.63, 3.8) is 0 Å². The molecule has 4 nitrogen and oxygen atoms in total. The number of carbonyl (C=O) groups excluding carboxylic acids is 1. The Balaban J connectivity index is 0.000000330. The van der Waals surface area contributed by atoms with Crippen LogP contribution in [0, 0.1) is 16.9 Å². The number of thiophene rings is 1. The van der Waals surface area contributed by atoms with Gasteiger partial charge in [0, 0.05) is 55.0 Å². The van der Waals surface area contributed by atoms with Crippen LogP contribution in [0.5, 0.6) is 11.6 Å². The Labute approximate surface area is 221 Å². The summed E-state index contributed by atoms with van der Waals surface area (Å²) >= 11 is 1.68. The molecule has 0 bridgehead atoms. The second kappa shape index (κ2) is 13.8. The first kappa shape index (κ1) is 30.0. The fraction of sp³-hybridized carbons (Fsp3) is 0.429.